The summed E-state index contributed by atoms with van der Waals surface area (Å²) >= 11 is 0. The summed E-state index contributed by atoms with van der Waals surface area (Å²) in [5.41, 5.74) is 2.81. The van der Waals surface area contributed by atoms with E-state index in [1.54, 1.807) is 25.7 Å². The van der Waals surface area contributed by atoms with E-state index >= 15 is 0 Å². The fourth-order valence-electron chi connectivity index (χ4n) is 5.22. The number of imidazole rings is 1. The second-order valence-electron chi connectivity index (χ2n) is 9.51. The molecule has 37 heavy (non-hydrogen) atoms. The van der Waals surface area contributed by atoms with Gasteiger partial charge in [0, 0.05) is 50.6 Å². The molecule has 2 aliphatic heterocycles. The number of hydrogen-bond acceptors (Lipinski definition) is 8. The Morgan fingerprint density at radius 2 is 2.11 bits per heavy atom. The molecule has 0 bridgehead atoms. The zero-order valence-electron chi connectivity index (χ0n) is 20.7. The minimum atomic E-state index is -0.265. The van der Waals surface area contributed by atoms with E-state index in [1.165, 1.54) is 6.20 Å². The summed E-state index contributed by atoms with van der Waals surface area (Å²) in [6.45, 7) is 4.59. The van der Waals surface area contributed by atoms with Crippen LogP contribution in [0.5, 0.6) is 5.88 Å². The Morgan fingerprint density at radius 3 is 2.92 bits per heavy atom. The van der Waals surface area contributed by atoms with E-state index in [-0.39, 0.29) is 11.9 Å². The average Bonchev–Trinajstić information content (AvgIpc) is 3.65. The summed E-state index contributed by atoms with van der Waals surface area (Å²) in [5, 5.41) is 1.01. The van der Waals surface area contributed by atoms with Crippen LogP contribution in [0.15, 0.2) is 55.1 Å². The van der Waals surface area contributed by atoms with E-state index in [1.807, 2.05) is 35.2 Å². The maximum atomic E-state index is 13.5. The lowest BCUT2D eigenvalue weighted by molar-refractivity contribution is 0.0388. The van der Waals surface area contributed by atoms with Crippen LogP contribution < -0.4 is 4.74 Å². The van der Waals surface area contributed by atoms with Crippen LogP contribution in [0.4, 0.5) is 0 Å². The minimum Gasteiger partial charge on any atom is -0.480 e. The number of aromatic amines is 1. The van der Waals surface area contributed by atoms with E-state index in [0.717, 1.165) is 60.7 Å². The van der Waals surface area contributed by atoms with Crippen LogP contribution in [0.2, 0.25) is 0 Å². The third kappa shape index (κ3) is 4.77. The fraction of sp³-hybridized carbons (Fsp3) is 0.370. The normalized spacial score (nSPS) is 20.4. The van der Waals surface area contributed by atoms with Gasteiger partial charge < -0.3 is 19.4 Å². The van der Waals surface area contributed by atoms with Crippen LogP contribution in [0, 0.1) is 5.92 Å². The Labute approximate surface area is 214 Å². The van der Waals surface area contributed by atoms with Crippen LogP contribution in [0.3, 0.4) is 0 Å². The predicted octanol–water partition coefficient (Wildman–Crippen LogP) is 2.96. The van der Waals surface area contributed by atoms with Crippen molar-refractivity contribution >= 4 is 16.8 Å². The number of aromatic nitrogens is 5. The zero-order valence-corrected chi connectivity index (χ0v) is 20.7. The number of rotatable bonds is 6. The Hall–Kier alpha value is -3.89. The molecular weight excluding hydrogens is 470 g/mol. The summed E-state index contributed by atoms with van der Waals surface area (Å²) in [4.78, 5) is 39.0. The quantitative estimate of drug-likeness (QED) is 0.431. The molecule has 2 atom stereocenters. The molecule has 0 radical (unpaired) electrons. The van der Waals surface area contributed by atoms with Crippen molar-refractivity contribution in [2.45, 2.75) is 12.5 Å². The van der Waals surface area contributed by atoms with Gasteiger partial charge in [0.1, 0.15) is 17.6 Å². The van der Waals surface area contributed by atoms with Gasteiger partial charge in [0.15, 0.2) is 0 Å². The van der Waals surface area contributed by atoms with Gasteiger partial charge in [-0.05, 0) is 24.5 Å². The van der Waals surface area contributed by atoms with Gasteiger partial charge in [-0.1, -0.05) is 18.2 Å². The summed E-state index contributed by atoms with van der Waals surface area (Å²) < 4.78 is 11.2. The number of fused-ring (bicyclic) bond motifs is 1. The monoisotopic (exact) mass is 499 g/mol. The van der Waals surface area contributed by atoms with Crippen LogP contribution in [-0.2, 0) is 4.74 Å². The largest absolute Gasteiger partial charge is 0.480 e. The second-order valence-corrected chi connectivity index (χ2v) is 9.51. The van der Waals surface area contributed by atoms with Crippen molar-refractivity contribution in [1.29, 1.82) is 0 Å². The highest BCUT2D eigenvalue weighted by Crippen LogP contribution is 2.33. The topological polar surface area (TPSA) is 109 Å². The highest BCUT2D eigenvalue weighted by atomic mass is 16.5. The minimum absolute atomic E-state index is 0.148. The van der Waals surface area contributed by atoms with Crippen LogP contribution in [0.25, 0.3) is 22.2 Å². The van der Waals surface area contributed by atoms with Gasteiger partial charge in [-0.25, -0.2) is 15.0 Å². The molecule has 1 N–H and O–H groups in total. The summed E-state index contributed by atoms with van der Waals surface area (Å²) in [7, 11) is 1.62. The molecule has 10 heteroatoms. The number of amides is 1. The molecule has 6 rings (SSSR count). The lowest BCUT2D eigenvalue weighted by atomic mass is 10.1. The van der Waals surface area contributed by atoms with Gasteiger partial charge >= 0.3 is 0 Å². The lowest BCUT2D eigenvalue weighted by Gasteiger charge is -2.41. The molecule has 0 saturated carbocycles. The van der Waals surface area contributed by atoms with Gasteiger partial charge in [0.05, 0.1) is 42.9 Å². The maximum absolute atomic E-state index is 13.5. The van der Waals surface area contributed by atoms with E-state index in [4.69, 9.17) is 14.5 Å². The van der Waals surface area contributed by atoms with Crippen molar-refractivity contribution in [1.82, 2.24) is 34.7 Å². The molecule has 5 heterocycles. The van der Waals surface area contributed by atoms with Gasteiger partial charge in [-0.15, -0.1) is 0 Å². The molecule has 4 aromatic rings. The number of pyridine rings is 1. The molecule has 0 spiro atoms. The molecule has 1 amide bonds. The van der Waals surface area contributed by atoms with Crippen LogP contribution in [0.1, 0.15) is 28.8 Å². The molecule has 2 unspecified atom stereocenters. The van der Waals surface area contributed by atoms with Gasteiger partial charge in [-0.2, -0.15) is 0 Å². The van der Waals surface area contributed by atoms with Crippen molar-refractivity contribution in [3.63, 3.8) is 0 Å². The van der Waals surface area contributed by atoms with Crippen molar-refractivity contribution in [3.05, 3.63) is 66.6 Å². The Balaban J connectivity index is 1.33. The molecular formula is C27H29N7O3. The summed E-state index contributed by atoms with van der Waals surface area (Å²) in [5.74, 6) is 1.61. The van der Waals surface area contributed by atoms with E-state index in [2.05, 4.69) is 24.8 Å². The van der Waals surface area contributed by atoms with Crippen LogP contribution in [-0.4, -0.2) is 87.1 Å². The van der Waals surface area contributed by atoms with Gasteiger partial charge in [0.2, 0.25) is 5.88 Å². The first-order valence-electron chi connectivity index (χ1n) is 12.6. The Morgan fingerprint density at radius 1 is 1.19 bits per heavy atom. The molecule has 1 aromatic carbocycles. The molecule has 2 fully saturated rings. The highest BCUT2D eigenvalue weighted by Gasteiger charge is 2.35. The number of nitrogens with one attached hydrogen (secondary N) is 1. The standard InChI is InChI=1S/C27H29N7O3/c1-36-26-20(12-19-4-2-3-5-21(19)32-26)22-14-30-25(31-22)24-16-33(15-18-6-11-37-17-18)9-10-34(24)27(35)23-13-28-7-8-29-23/h2-5,7-8,12-14,18,24H,6,9-11,15-17H2,1H3,(H,30,31). The highest BCUT2D eigenvalue weighted by molar-refractivity contribution is 5.92. The molecule has 2 saturated heterocycles. The number of para-hydroxylation sites is 1. The summed E-state index contributed by atoms with van der Waals surface area (Å²) in [6, 6.07) is 9.71. The van der Waals surface area contributed by atoms with Crippen LogP contribution >= 0.6 is 0 Å². The van der Waals surface area contributed by atoms with Crippen molar-refractivity contribution < 1.29 is 14.3 Å². The molecule has 10 nitrogen and oxygen atoms in total. The van der Waals surface area contributed by atoms with Crippen molar-refractivity contribution in [3.8, 4) is 17.1 Å². The number of nitrogens with zero attached hydrogens (tertiary/aromatic N) is 6. The first kappa shape index (κ1) is 23.5. The Bertz CT molecular complexity index is 1390. The second kappa shape index (κ2) is 10.2. The van der Waals surface area contributed by atoms with Crippen molar-refractivity contribution in [2.75, 3.05) is 46.5 Å². The third-order valence-electron chi connectivity index (χ3n) is 7.13. The van der Waals surface area contributed by atoms with E-state index < -0.39 is 0 Å². The number of piperazine rings is 1. The molecule has 3 aromatic heterocycles. The molecule has 0 aliphatic carbocycles. The van der Waals surface area contributed by atoms with Gasteiger partial charge in [0.25, 0.3) is 5.91 Å². The lowest BCUT2D eigenvalue weighted by Crippen LogP contribution is -2.52. The third-order valence-corrected chi connectivity index (χ3v) is 7.13. The van der Waals surface area contributed by atoms with Crippen molar-refractivity contribution in [2.24, 2.45) is 5.92 Å². The number of H-pyrrole nitrogens is 1. The fourth-order valence-corrected chi connectivity index (χ4v) is 5.22. The number of methoxy groups -OCH3 is 1. The smallest absolute Gasteiger partial charge is 0.274 e. The maximum Gasteiger partial charge on any atom is 0.274 e. The first-order valence-corrected chi connectivity index (χ1v) is 12.6. The number of carbonyl (C=O) groups excluding carboxylic acids is 1. The van der Waals surface area contributed by atoms with E-state index in [9.17, 15) is 4.79 Å². The number of benzene rings is 1. The average molecular weight is 500 g/mol. The zero-order chi connectivity index (χ0) is 25.2. The SMILES string of the molecule is COc1nc2ccccc2cc1-c1cnc(C2CN(CC3CCOC3)CCN2C(=O)c2cnccn2)[nH]1. The number of ether oxygens (including phenoxy) is 2. The molecule has 190 valence electrons. The van der Waals surface area contributed by atoms with Gasteiger partial charge in [-0.3, -0.25) is 14.7 Å². The Kier molecular flexibility index (Phi) is 6.50. The number of carbonyl (C=O) groups is 1. The first-order chi connectivity index (χ1) is 18.2. The summed E-state index contributed by atoms with van der Waals surface area (Å²) in [6.07, 6.45) is 7.49. The predicted molar refractivity (Wildman–Crippen MR) is 137 cm³/mol. The number of hydrogen-bond donors (Lipinski definition) is 1. The van der Waals surface area contributed by atoms with E-state index in [0.29, 0.717) is 30.6 Å². The molecule has 2 aliphatic rings.